The largest absolute Gasteiger partial charge is 0.340 e. The summed E-state index contributed by atoms with van der Waals surface area (Å²) in [5.74, 6) is -1.97. The molecule has 0 saturated heterocycles. The van der Waals surface area contributed by atoms with Crippen LogP contribution in [0.15, 0.2) is 18.5 Å². The van der Waals surface area contributed by atoms with Crippen LogP contribution < -0.4 is 0 Å². The molecule has 0 aliphatic heterocycles. The van der Waals surface area contributed by atoms with Gasteiger partial charge in [0, 0.05) is 25.0 Å². The van der Waals surface area contributed by atoms with Crippen molar-refractivity contribution in [1.29, 1.82) is 0 Å². The number of halogens is 2. The van der Waals surface area contributed by atoms with Gasteiger partial charge in [-0.15, -0.1) is 0 Å². The first kappa shape index (κ1) is 8.76. The zero-order chi connectivity index (χ0) is 10.5. The van der Waals surface area contributed by atoms with Gasteiger partial charge in [0.05, 0.1) is 17.2 Å². The SMILES string of the molecule is FC1(F)CC(c2nc3ccncc3[nH]2)C1. The normalized spacial score (nSPS) is 20.4. The number of aromatic amines is 1. The molecule has 3 nitrogen and oxygen atoms in total. The van der Waals surface area contributed by atoms with E-state index in [0.717, 1.165) is 11.0 Å². The lowest BCUT2D eigenvalue weighted by molar-refractivity contribution is -0.0883. The van der Waals surface area contributed by atoms with Crippen molar-refractivity contribution in [1.82, 2.24) is 15.0 Å². The van der Waals surface area contributed by atoms with E-state index in [1.165, 1.54) is 0 Å². The Labute approximate surface area is 84.5 Å². The number of nitrogens with zero attached hydrogens (tertiary/aromatic N) is 2. The molecule has 0 spiro atoms. The summed E-state index contributed by atoms with van der Waals surface area (Å²) in [5.41, 5.74) is 1.60. The average molecular weight is 209 g/mol. The zero-order valence-electron chi connectivity index (χ0n) is 7.87. The third-order valence-corrected chi connectivity index (χ3v) is 2.78. The summed E-state index contributed by atoms with van der Waals surface area (Å²) in [4.78, 5) is 11.2. The monoisotopic (exact) mass is 209 g/mol. The summed E-state index contributed by atoms with van der Waals surface area (Å²) in [6.07, 6.45) is 3.10. The molecule has 1 saturated carbocycles. The van der Waals surface area contributed by atoms with Gasteiger partial charge < -0.3 is 4.98 Å². The molecule has 2 aromatic heterocycles. The number of alkyl halides is 2. The Bertz CT molecular complexity index is 465. The van der Waals surface area contributed by atoms with Crippen molar-refractivity contribution in [3.8, 4) is 0 Å². The van der Waals surface area contributed by atoms with E-state index >= 15 is 0 Å². The highest BCUT2D eigenvalue weighted by Gasteiger charge is 2.47. The summed E-state index contributed by atoms with van der Waals surface area (Å²) in [5, 5.41) is 0. The highest BCUT2D eigenvalue weighted by molar-refractivity contribution is 5.73. The number of nitrogens with one attached hydrogen (secondary N) is 1. The van der Waals surface area contributed by atoms with E-state index < -0.39 is 5.92 Å². The fourth-order valence-electron chi connectivity index (χ4n) is 1.92. The molecule has 0 amide bonds. The maximum atomic E-state index is 12.7. The molecule has 0 unspecified atom stereocenters. The van der Waals surface area contributed by atoms with Crippen molar-refractivity contribution in [3.05, 3.63) is 24.3 Å². The number of imidazole rings is 1. The van der Waals surface area contributed by atoms with Gasteiger partial charge in [-0.3, -0.25) is 4.98 Å². The van der Waals surface area contributed by atoms with Crippen molar-refractivity contribution < 1.29 is 8.78 Å². The minimum Gasteiger partial charge on any atom is -0.340 e. The van der Waals surface area contributed by atoms with Crippen LogP contribution in [0.5, 0.6) is 0 Å². The summed E-state index contributed by atoms with van der Waals surface area (Å²) in [7, 11) is 0. The number of H-pyrrole nitrogens is 1. The number of hydrogen-bond acceptors (Lipinski definition) is 2. The Morgan fingerprint density at radius 2 is 2.20 bits per heavy atom. The first-order valence-electron chi connectivity index (χ1n) is 4.81. The minimum atomic E-state index is -2.50. The molecule has 1 N–H and O–H groups in total. The lowest BCUT2D eigenvalue weighted by Crippen LogP contribution is -2.34. The highest BCUT2D eigenvalue weighted by Crippen LogP contribution is 2.47. The predicted molar refractivity (Wildman–Crippen MR) is 50.8 cm³/mol. The average Bonchev–Trinajstić information content (AvgIpc) is 2.56. The topological polar surface area (TPSA) is 41.6 Å². The highest BCUT2D eigenvalue weighted by atomic mass is 19.3. The van der Waals surface area contributed by atoms with Crippen molar-refractivity contribution in [3.63, 3.8) is 0 Å². The number of fused-ring (bicyclic) bond motifs is 1. The first-order chi connectivity index (χ1) is 7.14. The third kappa shape index (κ3) is 1.38. The fraction of sp³-hybridized carbons (Fsp3) is 0.400. The Balaban J connectivity index is 1.93. The van der Waals surface area contributed by atoms with Crippen LogP contribution in [0.25, 0.3) is 11.0 Å². The van der Waals surface area contributed by atoms with E-state index in [0.29, 0.717) is 5.82 Å². The van der Waals surface area contributed by atoms with Gasteiger partial charge in [-0.1, -0.05) is 0 Å². The quantitative estimate of drug-likeness (QED) is 0.783. The van der Waals surface area contributed by atoms with Gasteiger partial charge in [0.2, 0.25) is 5.92 Å². The van der Waals surface area contributed by atoms with Crippen molar-refractivity contribution in [2.45, 2.75) is 24.7 Å². The Kier molecular flexibility index (Phi) is 1.60. The van der Waals surface area contributed by atoms with E-state index in [1.807, 2.05) is 0 Å². The van der Waals surface area contributed by atoms with Crippen LogP contribution in [0.4, 0.5) is 8.78 Å². The minimum absolute atomic E-state index is 0.0970. The van der Waals surface area contributed by atoms with Crippen LogP contribution >= 0.6 is 0 Å². The van der Waals surface area contributed by atoms with Gasteiger partial charge >= 0.3 is 0 Å². The van der Waals surface area contributed by atoms with Crippen LogP contribution in [-0.4, -0.2) is 20.9 Å². The molecule has 0 radical (unpaired) electrons. The fourth-order valence-corrected chi connectivity index (χ4v) is 1.92. The van der Waals surface area contributed by atoms with Crippen LogP contribution in [0.2, 0.25) is 0 Å². The maximum Gasteiger partial charge on any atom is 0.249 e. The second-order valence-corrected chi connectivity index (χ2v) is 3.98. The predicted octanol–water partition coefficient (Wildman–Crippen LogP) is 2.47. The molecule has 0 bridgehead atoms. The van der Waals surface area contributed by atoms with Crippen molar-refractivity contribution >= 4 is 11.0 Å². The molecule has 0 aromatic carbocycles. The molecule has 78 valence electrons. The van der Waals surface area contributed by atoms with E-state index in [1.54, 1.807) is 18.5 Å². The molecule has 15 heavy (non-hydrogen) atoms. The molecule has 1 aliphatic rings. The van der Waals surface area contributed by atoms with Crippen LogP contribution in [0.3, 0.4) is 0 Å². The number of rotatable bonds is 1. The Morgan fingerprint density at radius 1 is 1.40 bits per heavy atom. The van der Waals surface area contributed by atoms with E-state index in [4.69, 9.17) is 0 Å². The number of pyridine rings is 1. The lowest BCUT2D eigenvalue weighted by Gasteiger charge is -2.33. The standard InChI is InChI=1S/C10H9F2N3/c11-10(12)3-6(4-10)9-14-7-1-2-13-5-8(7)15-9/h1-2,5-6H,3-4H2,(H,14,15). The maximum absolute atomic E-state index is 12.7. The third-order valence-electron chi connectivity index (χ3n) is 2.78. The summed E-state index contributed by atoms with van der Waals surface area (Å²) in [6.45, 7) is 0. The molecule has 0 atom stereocenters. The molecular weight excluding hydrogens is 200 g/mol. The van der Waals surface area contributed by atoms with E-state index in [2.05, 4.69) is 15.0 Å². The zero-order valence-corrected chi connectivity index (χ0v) is 7.87. The lowest BCUT2D eigenvalue weighted by atomic mass is 9.81. The van der Waals surface area contributed by atoms with Crippen LogP contribution in [0.1, 0.15) is 24.6 Å². The molecule has 5 heteroatoms. The smallest absolute Gasteiger partial charge is 0.249 e. The molecule has 2 aromatic rings. The Morgan fingerprint density at radius 3 is 2.87 bits per heavy atom. The molecule has 3 rings (SSSR count). The second-order valence-electron chi connectivity index (χ2n) is 3.98. The Hall–Kier alpha value is -1.52. The van der Waals surface area contributed by atoms with Gasteiger partial charge in [-0.25, -0.2) is 13.8 Å². The number of hydrogen-bond donors (Lipinski definition) is 1. The summed E-state index contributed by atoms with van der Waals surface area (Å²) < 4.78 is 25.4. The van der Waals surface area contributed by atoms with Crippen molar-refractivity contribution in [2.75, 3.05) is 0 Å². The summed E-state index contributed by atoms with van der Waals surface area (Å²) >= 11 is 0. The second kappa shape index (κ2) is 2.74. The van der Waals surface area contributed by atoms with Gasteiger partial charge in [0.15, 0.2) is 0 Å². The first-order valence-corrected chi connectivity index (χ1v) is 4.81. The van der Waals surface area contributed by atoms with Gasteiger partial charge in [0.25, 0.3) is 0 Å². The molecule has 2 heterocycles. The van der Waals surface area contributed by atoms with E-state index in [-0.39, 0.29) is 18.8 Å². The van der Waals surface area contributed by atoms with Gasteiger partial charge in [0.1, 0.15) is 5.82 Å². The number of aromatic nitrogens is 3. The van der Waals surface area contributed by atoms with Crippen molar-refractivity contribution in [2.24, 2.45) is 0 Å². The molecule has 1 fully saturated rings. The molecular formula is C10H9F2N3. The van der Waals surface area contributed by atoms with Crippen LogP contribution in [-0.2, 0) is 0 Å². The molecule has 1 aliphatic carbocycles. The van der Waals surface area contributed by atoms with E-state index in [9.17, 15) is 8.78 Å². The summed E-state index contributed by atoms with van der Waals surface area (Å²) in [6, 6.07) is 1.77. The van der Waals surface area contributed by atoms with Gasteiger partial charge in [-0.2, -0.15) is 0 Å². The van der Waals surface area contributed by atoms with Crippen LogP contribution in [0, 0.1) is 0 Å². The van der Waals surface area contributed by atoms with Gasteiger partial charge in [-0.05, 0) is 6.07 Å².